The van der Waals surface area contributed by atoms with E-state index in [1.807, 2.05) is 25.3 Å². The molecule has 0 aromatic rings. The number of fused-ring (bicyclic) bond motifs is 1. The van der Waals surface area contributed by atoms with E-state index in [-0.39, 0.29) is 17.7 Å². The molecule has 0 fully saturated rings. The maximum Gasteiger partial charge on any atom is 0.161 e. The van der Waals surface area contributed by atoms with Gasteiger partial charge in [-0.2, -0.15) is 0 Å². The van der Waals surface area contributed by atoms with Crippen LogP contribution in [0.5, 0.6) is 0 Å². The van der Waals surface area contributed by atoms with Crippen LogP contribution >= 0.6 is 0 Å². The Bertz CT molecular complexity index is 552. The Hall–Kier alpha value is -2.01. The molecule has 0 saturated carbocycles. The van der Waals surface area contributed by atoms with Gasteiger partial charge in [0.05, 0.1) is 0 Å². The standard InChI is InChI=1S/C17H19NO/c1-4-13(17(19)12(2)3)10-14-11-18-16-9-7-5-6-8-15(14)16/h5-6,8,11,13,16,18H,2,4,10H2,1,3H3. The van der Waals surface area contributed by atoms with Crippen molar-refractivity contribution in [2.24, 2.45) is 5.92 Å². The lowest BCUT2D eigenvalue weighted by atomic mass is 9.87. The summed E-state index contributed by atoms with van der Waals surface area (Å²) in [6.07, 6.45) is 9.47. The lowest BCUT2D eigenvalue weighted by Crippen LogP contribution is -2.19. The molecule has 19 heavy (non-hydrogen) atoms. The van der Waals surface area contributed by atoms with Gasteiger partial charge in [-0.05, 0) is 42.6 Å². The highest BCUT2D eigenvalue weighted by Crippen LogP contribution is 2.29. The fraction of sp³-hybridized carbons (Fsp3) is 0.353. The van der Waals surface area contributed by atoms with Gasteiger partial charge in [-0.25, -0.2) is 0 Å². The van der Waals surface area contributed by atoms with Gasteiger partial charge in [-0.3, -0.25) is 4.79 Å². The molecule has 1 aliphatic heterocycles. The normalized spacial score (nSPS) is 21.1. The van der Waals surface area contributed by atoms with Gasteiger partial charge in [0, 0.05) is 12.1 Å². The molecule has 0 saturated heterocycles. The Kier molecular flexibility index (Phi) is 4.06. The summed E-state index contributed by atoms with van der Waals surface area (Å²) in [5.74, 6) is 6.32. The summed E-state index contributed by atoms with van der Waals surface area (Å²) in [5.41, 5.74) is 3.02. The predicted molar refractivity (Wildman–Crippen MR) is 78.2 cm³/mol. The van der Waals surface area contributed by atoms with Gasteiger partial charge in [0.25, 0.3) is 0 Å². The minimum atomic E-state index is 0.0189. The highest BCUT2D eigenvalue weighted by molar-refractivity contribution is 5.96. The molecule has 0 radical (unpaired) electrons. The summed E-state index contributed by atoms with van der Waals surface area (Å²) in [4.78, 5) is 12.1. The van der Waals surface area contributed by atoms with Crippen molar-refractivity contribution in [3.63, 3.8) is 0 Å². The van der Waals surface area contributed by atoms with Crippen LogP contribution in [-0.4, -0.2) is 11.8 Å². The molecule has 0 aromatic carbocycles. The van der Waals surface area contributed by atoms with Crippen molar-refractivity contribution in [1.82, 2.24) is 5.32 Å². The number of Topliss-reactive ketones (excluding diaryl/α,β-unsaturated/α-hetero) is 1. The number of hydrogen-bond donors (Lipinski definition) is 1. The molecule has 2 nitrogen and oxygen atoms in total. The molecule has 1 N–H and O–H groups in total. The van der Waals surface area contributed by atoms with Crippen molar-refractivity contribution in [2.45, 2.75) is 32.7 Å². The van der Waals surface area contributed by atoms with Crippen molar-refractivity contribution in [3.8, 4) is 11.8 Å². The third-order valence-electron chi connectivity index (χ3n) is 3.54. The molecule has 2 rings (SSSR count). The summed E-state index contributed by atoms with van der Waals surface area (Å²) < 4.78 is 0. The fourth-order valence-electron chi connectivity index (χ4n) is 2.41. The highest BCUT2D eigenvalue weighted by Gasteiger charge is 2.26. The zero-order valence-electron chi connectivity index (χ0n) is 11.5. The van der Waals surface area contributed by atoms with Crippen LogP contribution in [0.25, 0.3) is 0 Å². The summed E-state index contributed by atoms with van der Waals surface area (Å²) in [5, 5.41) is 3.27. The zero-order chi connectivity index (χ0) is 13.8. The Labute approximate surface area is 115 Å². The SMILES string of the molecule is C=C(C)C(=O)C(CC)CC1=CNC2C#CC=CC=C12. The minimum absolute atomic E-state index is 0.0189. The minimum Gasteiger partial charge on any atom is -0.374 e. The summed E-state index contributed by atoms with van der Waals surface area (Å²) >= 11 is 0. The van der Waals surface area contributed by atoms with E-state index >= 15 is 0 Å². The molecule has 2 unspecified atom stereocenters. The number of hydrogen-bond acceptors (Lipinski definition) is 2. The van der Waals surface area contributed by atoms with Crippen LogP contribution in [0.4, 0.5) is 0 Å². The van der Waals surface area contributed by atoms with E-state index in [1.54, 1.807) is 6.92 Å². The molecule has 1 heterocycles. The van der Waals surface area contributed by atoms with Crippen molar-refractivity contribution in [3.05, 3.63) is 47.7 Å². The van der Waals surface area contributed by atoms with E-state index in [0.717, 1.165) is 12.8 Å². The summed E-state index contributed by atoms with van der Waals surface area (Å²) in [6.45, 7) is 7.60. The first-order valence-corrected chi connectivity index (χ1v) is 6.66. The van der Waals surface area contributed by atoms with E-state index in [0.29, 0.717) is 5.57 Å². The number of nitrogens with one attached hydrogen (secondary N) is 1. The first kappa shape index (κ1) is 13.4. The number of carbonyl (C=O) groups excluding carboxylic acids is 1. The Morgan fingerprint density at radius 2 is 2.37 bits per heavy atom. The first-order chi connectivity index (χ1) is 9.13. The molecule has 0 bridgehead atoms. The smallest absolute Gasteiger partial charge is 0.161 e. The third kappa shape index (κ3) is 2.88. The molecular weight excluding hydrogens is 234 g/mol. The van der Waals surface area contributed by atoms with Gasteiger partial charge in [-0.1, -0.05) is 37.5 Å². The third-order valence-corrected chi connectivity index (χ3v) is 3.54. The van der Waals surface area contributed by atoms with Gasteiger partial charge in [-0.15, -0.1) is 0 Å². The molecule has 0 spiro atoms. The number of rotatable bonds is 5. The van der Waals surface area contributed by atoms with Gasteiger partial charge < -0.3 is 5.32 Å². The van der Waals surface area contributed by atoms with Gasteiger partial charge in [0.15, 0.2) is 5.78 Å². The van der Waals surface area contributed by atoms with E-state index < -0.39 is 0 Å². The number of ketones is 1. The van der Waals surface area contributed by atoms with Crippen LogP contribution in [0.3, 0.4) is 0 Å². The maximum atomic E-state index is 12.1. The van der Waals surface area contributed by atoms with Crippen molar-refractivity contribution in [1.29, 1.82) is 0 Å². The largest absolute Gasteiger partial charge is 0.374 e. The second-order valence-corrected chi connectivity index (χ2v) is 4.99. The molecule has 2 heteroatoms. The summed E-state index contributed by atoms with van der Waals surface area (Å²) in [7, 11) is 0. The molecule has 2 atom stereocenters. The average Bonchev–Trinajstić information content (AvgIpc) is 2.62. The van der Waals surface area contributed by atoms with Crippen LogP contribution < -0.4 is 5.32 Å². The fourth-order valence-corrected chi connectivity index (χ4v) is 2.41. The van der Waals surface area contributed by atoms with Crippen molar-refractivity contribution >= 4 is 5.78 Å². The second kappa shape index (κ2) is 5.75. The van der Waals surface area contributed by atoms with Gasteiger partial charge in [0.1, 0.15) is 6.04 Å². The van der Waals surface area contributed by atoms with Crippen LogP contribution in [0.15, 0.2) is 47.7 Å². The maximum absolute atomic E-state index is 12.1. The Balaban J connectivity index is 2.14. The topological polar surface area (TPSA) is 29.1 Å². The van der Waals surface area contributed by atoms with Crippen molar-refractivity contribution < 1.29 is 4.79 Å². The molecule has 1 aliphatic carbocycles. The molecule has 2 aliphatic rings. The first-order valence-electron chi connectivity index (χ1n) is 6.66. The molecular formula is C17H19NO. The second-order valence-electron chi connectivity index (χ2n) is 4.99. The highest BCUT2D eigenvalue weighted by atomic mass is 16.1. The number of allylic oxidation sites excluding steroid dienone is 4. The van der Waals surface area contributed by atoms with Crippen LogP contribution in [0.2, 0.25) is 0 Å². The average molecular weight is 253 g/mol. The van der Waals surface area contributed by atoms with Crippen LogP contribution in [0, 0.1) is 17.8 Å². The molecule has 0 amide bonds. The van der Waals surface area contributed by atoms with Crippen LogP contribution in [-0.2, 0) is 4.79 Å². The molecule has 98 valence electrons. The lowest BCUT2D eigenvalue weighted by Gasteiger charge is -2.15. The van der Waals surface area contributed by atoms with Crippen LogP contribution in [0.1, 0.15) is 26.7 Å². The zero-order valence-corrected chi connectivity index (χ0v) is 11.5. The lowest BCUT2D eigenvalue weighted by molar-refractivity contribution is -0.119. The van der Waals surface area contributed by atoms with E-state index in [9.17, 15) is 4.79 Å². The van der Waals surface area contributed by atoms with Crippen molar-refractivity contribution in [2.75, 3.05) is 0 Å². The van der Waals surface area contributed by atoms with Gasteiger partial charge in [0.2, 0.25) is 0 Å². The Morgan fingerprint density at radius 3 is 3.05 bits per heavy atom. The van der Waals surface area contributed by atoms with E-state index in [4.69, 9.17) is 0 Å². The van der Waals surface area contributed by atoms with Gasteiger partial charge >= 0.3 is 0 Å². The predicted octanol–water partition coefficient (Wildman–Crippen LogP) is 2.90. The monoisotopic (exact) mass is 253 g/mol. The number of carbonyl (C=O) groups is 1. The van der Waals surface area contributed by atoms with E-state index in [1.165, 1.54) is 11.1 Å². The molecule has 0 aromatic heterocycles. The Morgan fingerprint density at radius 1 is 1.58 bits per heavy atom. The quantitative estimate of drug-likeness (QED) is 0.603. The summed E-state index contributed by atoms with van der Waals surface area (Å²) in [6, 6.07) is 0.0717. The van der Waals surface area contributed by atoms with E-state index in [2.05, 4.69) is 29.8 Å².